The largest absolute Gasteiger partial charge is 0.381 e. The van der Waals surface area contributed by atoms with Gasteiger partial charge in [-0.3, -0.25) is 9.78 Å². The number of fused-ring (bicyclic) bond motifs is 1. The summed E-state index contributed by atoms with van der Waals surface area (Å²) in [5.41, 5.74) is -0.0896. The molecule has 1 saturated heterocycles. The molecule has 25 heavy (non-hydrogen) atoms. The second-order valence-electron chi connectivity index (χ2n) is 6.79. The van der Waals surface area contributed by atoms with E-state index in [1.54, 1.807) is 16.9 Å². The molecule has 1 fully saturated rings. The molecule has 0 amide bonds. The maximum Gasteiger partial charge on any atom is 0.260 e. The van der Waals surface area contributed by atoms with Crippen LogP contribution in [0, 0.1) is 0 Å². The minimum Gasteiger partial charge on any atom is -0.381 e. The van der Waals surface area contributed by atoms with Crippen molar-refractivity contribution in [1.82, 2.24) is 25.0 Å². The van der Waals surface area contributed by atoms with E-state index >= 15 is 0 Å². The Morgan fingerprint density at radius 3 is 2.88 bits per heavy atom. The molecule has 0 aliphatic carbocycles. The van der Waals surface area contributed by atoms with E-state index in [0.717, 1.165) is 0 Å². The summed E-state index contributed by atoms with van der Waals surface area (Å²) in [6.45, 7) is 4.90. The van der Waals surface area contributed by atoms with E-state index in [9.17, 15) is 9.90 Å². The molecule has 0 radical (unpaired) electrons. The monoisotopic (exact) mass is 340 g/mol. The van der Waals surface area contributed by atoms with Crippen molar-refractivity contribution in [3.05, 3.63) is 46.5 Å². The van der Waals surface area contributed by atoms with E-state index in [0.29, 0.717) is 42.1 Å². The summed E-state index contributed by atoms with van der Waals surface area (Å²) in [4.78, 5) is 21.5. The predicted molar refractivity (Wildman–Crippen MR) is 93.5 cm³/mol. The Morgan fingerprint density at radius 1 is 1.32 bits per heavy atom. The number of para-hydroxylation sites is 1. The third kappa shape index (κ3) is 2.68. The van der Waals surface area contributed by atoms with Gasteiger partial charge in [-0.1, -0.05) is 17.3 Å². The Balaban J connectivity index is 1.64. The Kier molecular flexibility index (Phi) is 3.57. The summed E-state index contributed by atoms with van der Waals surface area (Å²) in [5.74, 6) is 0.468. The number of hydrogen-bond acceptors (Lipinski definition) is 6. The average molecular weight is 340 g/mol. The molecule has 4 rings (SSSR count). The number of rotatable bonds is 3. The second-order valence-corrected chi connectivity index (χ2v) is 6.79. The third-order valence-corrected chi connectivity index (χ3v) is 4.66. The summed E-state index contributed by atoms with van der Waals surface area (Å²) < 4.78 is 1.73. The first kappa shape index (κ1) is 15.8. The number of H-pyrrole nitrogens is 1. The van der Waals surface area contributed by atoms with E-state index in [-0.39, 0.29) is 11.6 Å². The fourth-order valence-electron chi connectivity index (χ4n) is 3.15. The number of aromatic amines is 1. The van der Waals surface area contributed by atoms with Crippen molar-refractivity contribution in [2.45, 2.75) is 31.9 Å². The minimum absolute atomic E-state index is 0.179. The maximum atomic E-state index is 12.3. The molecule has 2 N–H and O–H groups in total. The van der Waals surface area contributed by atoms with Gasteiger partial charge in [0.05, 0.1) is 23.6 Å². The first-order chi connectivity index (χ1) is 12.0. The van der Waals surface area contributed by atoms with E-state index in [1.165, 1.54) is 0 Å². The Labute approximate surface area is 144 Å². The van der Waals surface area contributed by atoms with Gasteiger partial charge in [0.1, 0.15) is 11.3 Å². The Morgan fingerprint density at radius 2 is 2.12 bits per heavy atom. The number of hydrogen-bond donors (Lipinski definition) is 2. The molecule has 0 saturated carbocycles. The molecule has 1 aliphatic heterocycles. The number of aliphatic hydroxyl groups is 1. The molecule has 1 aromatic carbocycles. The SMILES string of the molecule is CC(C)n1cc(C2(O)CCN(c3nc4ccccc4c(=O)[nH]3)C2)nn1. The fraction of sp³-hybridized carbons (Fsp3) is 0.412. The average Bonchev–Trinajstić information content (AvgIpc) is 3.23. The van der Waals surface area contributed by atoms with Crippen molar-refractivity contribution in [1.29, 1.82) is 0 Å². The van der Waals surface area contributed by atoms with Crippen LogP contribution in [0.2, 0.25) is 0 Å². The number of nitrogens with one attached hydrogen (secondary N) is 1. The summed E-state index contributed by atoms with van der Waals surface area (Å²) in [6, 6.07) is 7.40. The first-order valence-electron chi connectivity index (χ1n) is 8.35. The third-order valence-electron chi connectivity index (χ3n) is 4.66. The van der Waals surface area contributed by atoms with Crippen molar-refractivity contribution in [2.75, 3.05) is 18.0 Å². The standard InChI is InChI=1S/C17H20N6O2/c1-11(2)23-9-14(20-21-23)17(25)7-8-22(10-17)16-18-13-6-4-3-5-12(13)15(24)19-16/h3-6,9,11,25H,7-8,10H2,1-2H3,(H,18,19,24). The van der Waals surface area contributed by atoms with Crippen LogP contribution in [-0.2, 0) is 5.60 Å². The number of nitrogens with zero attached hydrogens (tertiary/aromatic N) is 5. The van der Waals surface area contributed by atoms with Crippen LogP contribution in [0.15, 0.2) is 35.3 Å². The van der Waals surface area contributed by atoms with Gasteiger partial charge < -0.3 is 10.0 Å². The van der Waals surface area contributed by atoms with Crippen LogP contribution in [0.1, 0.15) is 32.0 Å². The molecular formula is C17H20N6O2. The van der Waals surface area contributed by atoms with Crippen molar-refractivity contribution in [3.8, 4) is 0 Å². The second kappa shape index (κ2) is 5.66. The molecule has 1 aliphatic rings. The van der Waals surface area contributed by atoms with Gasteiger partial charge in [0.15, 0.2) is 0 Å². The van der Waals surface area contributed by atoms with E-state index < -0.39 is 5.60 Å². The molecular weight excluding hydrogens is 320 g/mol. The Bertz CT molecular complexity index is 978. The molecule has 0 bridgehead atoms. The molecule has 0 spiro atoms. The zero-order valence-electron chi connectivity index (χ0n) is 14.2. The van der Waals surface area contributed by atoms with Crippen LogP contribution >= 0.6 is 0 Å². The van der Waals surface area contributed by atoms with Gasteiger partial charge in [-0.15, -0.1) is 5.10 Å². The number of anilines is 1. The first-order valence-corrected chi connectivity index (χ1v) is 8.35. The lowest BCUT2D eigenvalue weighted by molar-refractivity contribution is 0.0558. The predicted octanol–water partition coefficient (Wildman–Crippen LogP) is 1.19. The highest BCUT2D eigenvalue weighted by atomic mass is 16.3. The molecule has 1 atom stereocenters. The highest BCUT2D eigenvalue weighted by Crippen LogP contribution is 2.32. The molecule has 2 aromatic heterocycles. The fourth-order valence-corrected chi connectivity index (χ4v) is 3.15. The van der Waals surface area contributed by atoms with Crippen LogP contribution in [0.3, 0.4) is 0 Å². The lowest BCUT2D eigenvalue weighted by Gasteiger charge is -2.21. The molecule has 3 aromatic rings. The van der Waals surface area contributed by atoms with Crippen molar-refractivity contribution < 1.29 is 5.11 Å². The normalized spacial score (nSPS) is 20.7. The van der Waals surface area contributed by atoms with Gasteiger partial charge in [0.2, 0.25) is 5.95 Å². The highest BCUT2D eigenvalue weighted by molar-refractivity contribution is 5.78. The molecule has 3 heterocycles. The van der Waals surface area contributed by atoms with E-state index in [4.69, 9.17) is 0 Å². The highest BCUT2D eigenvalue weighted by Gasteiger charge is 2.41. The molecule has 8 heteroatoms. The lowest BCUT2D eigenvalue weighted by atomic mass is 10.00. The van der Waals surface area contributed by atoms with Crippen molar-refractivity contribution >= 4 is 16.9 Å². The van der Waals surface area contributed by atoms with Crippen LogP contribution < -0.4 is 10.5 Å². The van der Waals surface area contributed by atoms with Crippen molar-refractivity contribution in [2.24, 2.45) is 0 Å². The Hall–Kier alpha value is -2.74. The van der Waals surface area contributed by atoms with E-state index in [1.807, 2.05) is 36.9 Å². The van der Waals surface area contributed by atoms with Crippen LogP contribution in [0.4, 0.5) is 5.95 Å². The number of aromatic nitrogens is 5. The summed E-state index contributed by atoms with van der Waals surface area (Å²) in [6.07, 6.45) is 2.28. The smallest absolute Gasteiger partial charge is 0.260 e. The maximum absolute atomic E-state index is 12.3. The summed E-state index contributed by atoms with van der Waals surface area (Å²) in [7, 11) is 0. The topological polar surface area (TPSA) is 99.9 Å². The zero-order valence-corrected chi connectivity index (χ0v) is 14.2. The minimum atomic E-state index is -1.10. The number of benzene rings is 1. The summed E-state index contributed by atoms with van der Waals surface area (Å²) in [5, 5.41) is 19.8. The summed E-state index contributed by atoms with van der Waals surface area (Å²) >= 11 is 0. The van der Waals surface area contributed by atoms with Gasteiger partial charge in [0.25, 0.3) is 5.56 Å². The van der Waals surface area contributed by atoms with Crippen LogP contribution in [-0.4, -0.2) is 43.2 Å². The van der Waals surface area contributed by atoms with Gasteiger partial charge >= 0.3 is 0 Å². The van der Waals surface area contributed by atoms with Crippen molar-refractivity contribution in [3.63, 3.8) is 0 Å². The quantitative estimate of drug-likeness (QED) is 0.743. The molecule has 8 nitrogen and oxygen atoms in total. The van der Waals surface area contributed by atoms with Gasteiger partial charge in [-0.25, -0.2) is 9.67 Å². The lowest BCUT2D eigenvalue weighted by Crippen LogP contribution is -2.32. The van der Waals surface area contributed by atoms with Gasteiger partial charge in [-0.05, 0) is 26.0 Å². The molecule has 1 unspecified atom stereocenters. The van der Waals surface area contributed by atoms with Gasteiger partial charge in [-0.2, -0.15) is 0 Å². The van der Waals surface area contributed by atoms with Crippen LogP contribution in [0.5, 0.6) is 0 Å². The zero-order chi connectivity index (χ0) is 17.6. The van der Waals surface area contributed by atoms with Crippen LogP contribution in [0.25, 0.3) is 10.9 Å². The number of β-amino-alcohol motifs (C(OH)–C–C–N with tert-alkyl or cyclic N) is 1. The molecule has 130 valence electrons. The van der Waals surface area contributed by atoms with Gasteiger partial charge in [0, 0.05) is 19.0 Å². The van der Waals surface area contributed by atoms with E-state index in [2.05, 4.69) is 20.3 Å².